The molecule has 0 unspecified atom stereocenters. The Kier molecular flexibility index (Phi) is 9.03. The monoisotopic (exact) mass is 550 g/mol. The zero-order chi connectivity index (χ0) is 29.1. The van der Waals surface area contributed by atoms with Gasteiger partial charge in [0.1, 0.15) is 29.8 Å². The fourth-order valence-electron chi connectivity index (χ4n) is 4.59. The number of fused-ring (bicyclic) bond motifs is 2. The van der Waals surface area contributed by atoms with E-state index in [2.05, 4.69) is 5.32 Å². The minimum Gasteiger partial charge on any atom is -0.491 e. The third-order valence-corrected chi connectivity index (χ3v) is 6.56. The Balaban J connectivity index is 1.92. The van der Waals surface area contributed by atoms with E-state index in [4.69, 9.17) is 9.47 Å². The molecule has 214 valence electrons. The molecule has 2 aliphatic rings. The molecule has 12 nitrogen and oxygen atoms in total. The van der Waals surface area contributed by atoms with Crippen LogP contribution in [-0.4, -0.2) is 107 Å². The Morgan fingerprint density at radius 3 is 2.49 bits per heavy atom. The molecule has 2 N–H and O–H groups in total. The average Bonchev–Trinajstić information content (AvgIpc) is 3.22. The molecule has 0 bridgehead atoms. The predicted molar refractivity (Wildman–Crippen MR) is 136 cm³/mol. The van der Waals surface area contributed by atoms with Gasteiger partial charge in [-0.1, -0.05) is 0 Å². The van der Waals surface area contributed by atoms with Crippen LogP contribution in [0.4, 0.5) is 9.18 Å². The molecule has 2 aliphatic heterocycles. The highest BCUT2D eigenvalue weighted by Crippen LogP contribution is 2.26. The topological polar surface area (TPSA) is 146 Å². The number of amides is 4. The summed E-state index contributed by atoms with van der Waals surface area (Å²) in [5.41, 5.74) is -0.908. The van der Waals surface area contributed by atoms with Crippen molar-refractivity contribution in [3.63, 3.8) is 0 Å². The van der Waals surface area contributed by atoms with Crippen molar-refractivity contribution < 1.29 is 42.9 Å². The largest absolute Gasteiger partial charge is 0.491 e. The van der Waals surface area contributed by atoms with Crippen molar-refractivity contribution in [1.29, 1.82) is 0 Å². The summed E-state index contributed by atoms with van der Waals surface area (Å²) in [7, 11) is 2.69. The van der Waals surface area contributed by atoms with Gasteiger partial charge in [0.05, 0.1) is 24.2 Å². The number of carboxylic acid groups (broad SMARTS) is 1. The number of benzene rings is 1. The van der Waals surface area contributed by atoms with Crippen LogP contribution in [0.5, 0.6) is 5.75 Å². The maximum absolute atomic E-state index is 14.1. The Morgan fingerprint density at radius 2 is 1.85 bits per heavy atom. The quantitative estimate of drug-likeness (QED) is 0.563. The summed E-state index contributed by atoms with van der Waals surface area (Å²) in [5, 5.41) is 12.5. The number of rotatable bonds is 2. The van der Waals surface area contributed by atoms with Gasteiger partial charge < -0.3 is 34.6 Å². The maximum Gasteiger partial charge on any atom is 0.407 e. The highest BCUT2D eigenvalue weighted by Gasteiger charge is 2.38. The van der Waals surface area contributed by atoms with Crippen LogP contribution in [0.1, 0.15) is 50.4 Å². The summed E-state index contributed by atoms with van der Waals surface area (Å²) >= 11 is 0. The molecule has 0 radical (unpaired) electrons. The smallest absolute Gasteiger partial charge is 0.407 e. The number of aliphatic carboxylic acids is 1. The van der Waals surface area contributed by atoms with Crippen LogP contribution < -0.4 is 10.1 Å². The van der Waals surface area contributed by atoms with Gasteiger partial charge in [0.25, 0.3) is 5.91 Å². The molecule has 1 aromatic carbocycles. The van der Waals surface area contributed by atoms with E-state index in [1.54, 1.807) is 20.8 Å². The number of halogens is 1. The number of hydrogen-bond acceptors (Lipinski definition) is 7. The SMILES string of the molecule is CN1CC(=O)N2C[C@H](NC(=O)OC(C)(C)C)C[C@H]2COc2ccc(F)cc2C(=O)N(C)[C@H](C(=O)O)CCC1=O. The van der Waals surface area contributed by atoms with Crippen molar-refractivity contribution in [2.45, 2.75) is 63.8 Å². The van der Waals surface area contributed by atoms with Gasteiger partial charge in [-0.05, 0) is 51.8 Å². The van der Waals surface area contributed by atoms with Crippen molar-refractivity contribution in [2.24, 2.45) is 0 Å². The van der Waals surface area contributed by atoms with Crippen molar-refractivity contribution in [3.8, 4) is 5.75 Å². The number of carbonyl (C=O) groups excluding carboxylic acids is 4. The van der Waals surface area contributed by atoms with E-state index in [0.717, 1.165) is 17.0 Å². The Hall–Kier alpha value is -3.90. The van der Waals surface area contributed by atoms with E-state index in [0.29, 0.717) is 6.42 Å². The number of likely N-dealkylation sites (N-methyl/N-ethyl adjacent to an activating group) is 2. The lowest BCUT2D eigenvalue weighted by Crippen LogP contribution is -2.46. The van der Waals surface area contributed by atoms with Gasteiger partial charge in [0.15, 0.2) is 0 Å². The minimum atomic E-state index is -1.37. The Labute approximate surface area is 226 Å². The first kappa shape index (κ1) is 29.7. The summed E-state index contributed by atoms with van der Waals surface area (Å²) in [5.74, 6) is -3.71. The highest BCUT2D eigenvalue weighted by molar-refractivity contribution is 5.99. The van der Waals surface area contributed by atoms with E-state index in [9.17, 15) is 33.5 Å². The molecule has 3 atom stereocenters. The molecule has 0 spiro atoms. The standard InChI is InChI=1S/C26H35FN4O8/c1-26(2,3)39-25(37)28-16-11-17-14-38-20-8-6-15(27)10-18(20)23(34)30(5)19(24(35)36)7-9-21(32)29(4)13-22(33)31(17)12-16/h6,8,10,16-17,19H,7,9,11-14H2,1-5H3,(H,28,37)(H,35,36)/t16-,17+,19+/m1/s1. The summed E-state index contributed by atoms with van der Waals surface area (Å²) in [6.45, 7) is 4.94. The Morgan fingerprint density at radius 1 is 1.15 bits per heavy atom. The molecular formula is C26H35FN4O8. The average molecular weight is 551 g/mol. The van der Waals surface area contributed by atoms with E-state index >= 15 is 0 Å². The molecule has 4 amide bonds. The van der Waals surface area contributed by atoms with Crippen LogP contribution in [0, 0.1) is 5.82 Å². The third kappa shape index (κ3) is 7.58. The van der Waals surface area contributed by atoms with Crippen LogP contribution in [0.15, 0.2) is 18.2 Å². The van der Waals surface area contributed by atoms with Crippen LogP contribution in [0.2, 0.25) is 0 Å². The van der Waals surface area contributed by atoms with Gasteiger partial charge in [-0.15, -0.1) is 0 Å². The first-order valence-corrected chi connectivity index (χ1v) is 12.6. The molecule has 0 aliphatic carbocycles. The van der Waals surface area contributed by atoms with E-state index in [1.807, 2.05) is 0 Å². The predicted octanol–water partition coefficient (Wildman–Crippen LogP) is 1.48. The van der Waals surface area contributed by atoms with Crippen molar-refractivity contribution >= 4 is 29.8 Å². The number of hydrogen-bond donors (Lipinski definition) is 2. The van der Waals surface area contributed by atoms with Gasteiger partial charge in [0.2, 0.25) is 11.8 Å². The van der Waals surface area contributed by atoms with Gasteiger partial charge in [-0.3, -0.25) is 14.4 Å². The van der Waals surface area contributed by atoms with E-state index in [1.165, 1.54) is 30.0 Å². The zero-order valence-corrected chi connectivity index (χ0v) is 22.7. The van der Waals surface area contributed by atoms with Gasteiger partial charge in [-0.2, -0.15) is 0 Å². The second-order valence-electron chi connectivity index (χ2n) is 10.8. The Bertz CT molecular complexity index is 1140. The first-order valence-electron chi connectivity index (χ1n) is 12.6. The third-order valence-electron chi connectivity index (χ3n) is 6.56. The number of ether oxygens (including phenoxy) is 2. The lowest BCUT2D eigenvalue weighted by atomic mass is 10.1. The van der Waals surface area contributed by atoms with Gasteiger partial charge in [-0.25, -0.2) is 14.0 Å². The molecule has 1 aromatic rings. The second-order valence-corrected chi connectivity index (χ2v) is 10.8. The van der Waals surface area contributed by atoms with Crippen molar-refractivity contribution in [2.75, 3.05) is 33.8 Å². The van der Waals surface area contributed by atoms with Crippen LogP contribution in [-0.2, 0) is 19.1 Å². The summed E-state index contributed by atoms with van der Waals surface area (Å²) in [6, 6.07) is 0.938. The molecule has 0 aromatic heterocycles. The van der Waals surface area contributed by atoms with Crippen LogP contribution in [0.25, 0.3) is 0 Å². The molecule has 1 saturated heterocycles. The summed E-state index contributed by atoms with van der Waals surface area (Å²) < 4.78 is 25.4. The van der Waals surface area contributed by atoms with Crippen LogP contribution in [0.3, 0.4) is 0 Å². The van der Waals surface area contributed by atoms with Gasteiger partial charge >= 0.3 is 12.1 Å². The van der Waals surface area contributed by atoms with E-state index < -0.39 is 59.3 Å². The molecule has 0 saturated carbocycles. The van der Waals surface area contributed by atoms with Crippen molar-refractivity contribution in [1.82, 2.24) is 20.0 Å². The lowest BCUT2D eigenvalue weighted by Gasteiger charge is -2.27. The van der Waals surface area contributed by atoms with E-state index in [-0.39, 0.29) is 43.9 Å². The molecule has 39 heavy (non-hydrogen) atoms. The number of carboxylic acids is 1. The summed E-state index contributed by atoms with van der Waals surface area (Å²) in [6.07, 6.45) is -0.793. The fourth-order valence-corrected chi connectivity index (χ4v) is 4.59. The number of carbonyl (C=O) groups is 5. The zero-order valence-electron chi connectivity index (χ0n) is 22.7. The minimum absolute atomic E-state index is 0.0106. The summed E-state index contributed by atoms with van der Waals surface area (Å²) in [4.78, 5) is 67.1. The van der Waals surface area contributed by atoms with Crippen molar-refractivity contribution in [3.05, 3.63) is 29.6 Å². The maximum atomic E-state index is 14.1. The van der Waals surface area contributed by atoms with Crippen LogP contribution >= 0.6 is 0 Å². The highest BCUT2D eigenvalue weighted by atomic mass is 19.1. The number of nitrogens with one attached hydrogen (secondary N) is 1. The van der Waals surface area contributed by atoms with Gasteiger partial charge in [0, 0.05) is 27.1 Å². The first-order chi connectivity index (χ1) is 18.2. The molecular weight excluding hydrogens is 515 g/mol. The second kappa shape index (κ2) is 11.9. The molecule has 3 rings (SSSR count). The normalized spacial score (nSPS) is 23.3. The lowest BCUT2D eigenvalue weighted by molar-refractivity contribution is -0.143. The molecule has 13 heteroatoms. The molecule has 2 heterocycles. The number of nitrogens with zero attached hydrogens (tertiary/aromatic N) is 3. The fraction of sp³-hybridized carbons (Fsp3) is 0.577. The molecule has 1 fully saturated rings. The number of alkyl carbamates (subject to hydrolysis) is 1.